The molecule has 0 spiro atoms. The van der Waals surface area contributed by atoms with E-state index >= 15 is 0 Å². The van der Waals surface area contributed by atoms with Gasteiger partial charge in [0.25, 0.3) is 0 Å². The molecular formula is C25H49NO2. The van der Waals surface area contributed by atoms with Gasteiger partial charge in [-0.3, -0.25) is 4.79 Å². The largest absolute Gasteiger partial charge is 0.396 e. The molecular weight excluding hydrogens is 346 g/mol. The lowest BCUT2D eigenvalue weighted by Crippen LogP contribution is -2.32. The molecule has 0 heterocycles. The summed E-state index contributed by atoms with van der Waals surface area (Å²) in [4.78, 5) is 11.7. The van der Waals surface area contributed by atoms with E-state index in [-0.39, 0.29) is 24.3 Å². The third-order valence-corrected chi connectivity index (χ3v) is 5.86. The molecule has 0 saturated heterocycles. The number of rotatable bonds is 21. The lowest BCUT2D eigenvalue weighted by molar-refractivity contribution is -0.124. The molecule has 0 radical (unpaired) electrons. The maximum absolute atomic E-state index is 11.7. The Morgan fingerprint density at radius 1 is 0.750 bits per heavy atom. The number of hydrogen-bond acceptors (Lipinski definition) is 2. The summed E-state index contributed by atoms with van der Waals surface area (Å²) in [7, 11) is 0. The number of carbonyl (C=O) groups is 1. The summed E-state index contributed by atoms with van der Waals surface area (Å²) >= 11 is 0. The van der Waals surface area contributed by atoms with Crippen LogP contribution in [0, 0.1) is 11.8 Å². The molecule has 2 unspecified atom stereocenters. The number of unbranched alkanes of at least 4 members (excludes halogenated alkanes) is 12. The Hall–Kier alpha value is -0.830. The molecule has 0 aliphatic heterocycles. The zero-order valence-electron chi connectivity index (χ0n) is 19.0. The van der Waals surface area contributed by atoms with Gasteiger partial charge in [-0.2, -0.15) is 0 Å². The Bertz CT molecular complexity index is 368. The predicted octanol–water partition coefficient (Wildman–Crippen LogP) is 6.92. The van der Waals surface area contributed by atoms with Gasteiger partial charge >= 0.3 is 0 Å². The standard InChI is InChI=1S/C25H49NO2/c1-3-5-6-7-8-9-10-11-12-13-14-15-16-17-18-19-21-24(25(26)28)23(22-27)20-4-2/h14-15,23-24,27H,3-13,16-22H2,1-2H3,(H2,26,28)/b15-14-. The average molecular weight is 396 g/mol. The molecule has 0 bridgehead atoms. The smallest absolute Gasteiger partial charge is 0.220 e. The molecule has 1 amide bonds. The predicted molar refractivity (Wildman–Crippen MR) is 122 cm³/mol. The SMILES string of the molecule is CCCCCCCCCCC/C=C\CCCCCC(C(N)=O)C(CO)CCC. The molecule has 0 rings (SSSR count). The highest BCUT2D eigenvalue weighted by Gasteiger charge is 2.24. The quantitative estimate of drug-likeness (QED) is 0.163. The summed E-state index contributed by atoms with van der Waals surface area (Å²) in [6, 6.07) is 0. The highest BCUT2D eigenvalue weighted by Crippen LogP contribution is 2.23. The topological polar surface area (TPSA) is 63.3 Å². The van der Waals surface area contributed by atoms with Gasteiger partial charge in [-0.15, -0.1) is 0 Å². The van der Waals surface area contributed by atoms with Crippen LogP contribution in [0.25, 0.3) is 0 Å². The number of nitrogens with two attached hydrogens (primary N) is 1. The number of aliphatic hydroxyl groups is 1. The van der Waals surface area contributed by atoms with Crippen molar-refractivity contribution in [2.24, 2.45) is 17.6 Å². The molecule has 0 aromatic heterocycles. The highest BCUT2D eigenvalue weighted by atomic mass is 16.3. The normalized spacial score (nSPS) is 13.8. The fourth-order valence-electron chi connectivity index (χ4n) is 4.01. The van der Waals surface area contributed by atoms with E-state index in [9.17, 15) is 9.90 Å². The number of carbonyl (C=O) groups excluding carboxylic acids is 1. The summed E-state index contributed by atoms with van der Waals surface area (Å²) in [6.45, 7) is 4.43. The number of allylic oxidation sites excluding steroid dienone is 2. The van der Waals surface area contributed by atoms with Crippen molar-refractivity contribution < 1.29 is 9.90 Å². The first kappa shape index (κ1) is 27.2. The Morgan fingerprint density at radius 3 is 1.71 bits per heavy atom. The van der Waals surface area contributed by atoms with Crippen LogP contribution in [-0.2, 0) is 4.79 Å². The highest BCUT2D eigenvalue weighted by molar-refractivity contribution is 5.76. The Labute approximate surface area is 175 Å². The van der Waals surface area contributed by atoms with Crippen molar-refractivity contribution in [3.05, 3.63) is 12.2 Å². The average Bonchev–Trinajstić information content (AvgIpc) is 2.69. The van der Waals surface area contributed by atoms with Crippen LogP contribution >= 0.6 is 0 Å². The number of hydrogen-bond donors (Lipinski definition) is 2. The van der Waals surface area contributed by atoms with E-state index in [2.05, 4.69) is 26.0 Å². The fourth-order valence-corrected chi connectivity index (χ4v) is 4.01. The van der Waals surface area contributed by atoms with Gasteiger partial charge in [0, 0.05) is 12.5 Å². The van der Waals surface area contributed by atoms with Crippen molar-refractivity contribution >= 4 is 5.91 Å². The lowest BCUT2D eigenvalue weighted by atomic mass is 9.84. The van der Waals surface area contributed by atoms with Crippen molar-refractivity contribution in [1.29, 1.82) is 0 Å². The molecule has 166 valence electrons. The van der Waals surface area contributed by atoms with E-state index in [1.165, 1.54) is 70.6 Å². The Morgan fingerprint density at radius 2 is 1.25 bits per heavy atom. The molecule has 0 aliphatic rings. The van der Waals surface area contributed by atoms with Crippen LogP contribution in [0.4, 0.5) is 0 Å². The van der Waals surface area contributed by atoms with E-state index in [0.717, 1.165) is 38.5 Å². The van der Waals surface area contributed by atoms with Crippen LogP contribution in [0.15, 0.2) is 12.2 Å². The van der Waals surface area contributed by atoms with Crippen molar-refractivity contribution in [3.8, 4) is 0 Å². The van der Waals surface area contributed by atoms with Crippen LogP contribution in [-0.4, -0.2) is 17.6 Å². The van der Waals surface area contributed by atoms with Gasteiger partial charge in [0.05, 0.1) is 0 Å². The minimum atomic E-state index is -0.242. The summed E-state index contributed by atoms with van der Waals surface area (Å²) < 4.78 is 0. The van der Waals surface area contributed by atoms with E-state index < -0.39 is 0 Å². The van der Waals surface area contributed by atoms with Crippen LogP contribution in [0.1, 0.15) is 123 Å². The maximum atomic E-state index is 11.7. The zero-order chi connectivity index (χ0) is 20.9. The van der Waals surface area contributed by atoms with Crippen molar-refractivity contribution in [2.45, 2.75) is 123 Å². The van der Waals surface area contributed by atoms with Gasteiger partial charge in [0.15, 0.2) is 0 Å². The zero-order valence-corrected chi connectivity index (χ0v) is 19.0. The van der Waals surface area contributed by atoms with Crippen molar-refractivity contribution in [1.82, 2.24) is 0 Å². The monoisotopic (exact) mass is 395 g/mol. The first-order valence-electron chi connectivity index (χ1n) is 12.2. The van der Waals surface area contributed by atoms with Crippen LogP contribution in [0.5, 0.6) is 0 Å². The van der Waals surface area contributed by atoms with Crippen molar-refractivity contribution in [2.75, 3.05) is 6.61 Å². The van der Waals surface area contributed by atoms with Gasteiger partial charge in [0.1, 0.15) is 0 Å². The number of primary amides is 1. The molecule has 3 heteroatoms. The minimum absolute atomic E-state index is 0.0405. The van der Waals surface area contributed by atoms with Gasteiger partial charge in [-0.1, -0.05) is 96.6 Å². The fraction of sp³-hybridized carbons (Fsp3) is 0.880. The summed E-state index contributed by atoms with van der Waals surface area (Å²) in [6.07, 6.45) is 25.6. The second-order valence-corrected chi connectivity index (χ2v) is 8.47. The Kier molecular flexibility index (Phi) is 20.3. The van der Waals surface area contributed by atoms with E-state index in [1.54, 1.807) is 0 Å². The first-order valence-corrected chi connectivity index (χ1v) is 12.2. The minimum Gasteiger partial charge on any atom is -0.396 e. The van der Waals surface area contributed by atoms with Crippen LogP contribution in [0.3, 0.4) is 0 Å². The second-order valence-electron chi connectivity index (χ2n) is 8.47. The van der Waals surface area contributed by atoms with Crippen LogP contribution < -0.4 is 5.73 Å². The first-order chi connectivity index (χ1) is 13.7. The van der Waals surface area contributed by atoms with Gasteiger partial charge in [-0.05, 0) is 44.4 Å². The summed E-state index contributed by atoms with van der Waals surface area (Å²) in [5, 5.41) is 9.49. The van der Waals surface area contributed by atoms with Gasteiger partial charge in [-0.25, -0.2) is 0 Å². The molecule has 0 aromatic rings. The lowest BCUT2D eigenvalue weighted by Gasteiger charge is -2.22. The second kappa shape index (κ2) is 20.9. The molecule has 0 aliphatic carbocycles. The number of amides is 1. The molecule has 0 aromatic carbocycles. The van der Waals surface area contributed by atoms with E-state index in [4.69, 9.17) is 5.73 Å². The maximum Gasteiger partial charge on any atom is 0.220 e. The van der Waals surface area contributed by atoms with Gasteiger partial charge in [0.2, 0.25) is 5.91 Å². The molecule has 2 atom stereocenters. The molecule has 3 nitrogen and oxygen atoms in total. The van der Waals surface area contributed by atoms with Crippen molar-refractivity contribution in [3.63, 3.8) is 0 Å². The van der Waals surface area contributed by atoms with E-state index in [0.29, 0.717) is 0 Å². The summed E-state index contributed by atoms with van der Waals surface area (Å²) in [5.41, 5.74) is 5.55. The molecule has 0 saturated carbocycles. The Balaban J connectivity index is 3.55. The molecule has 28 heavy (non-hydrogen) atoms. The summed E-state index contributed by atoms with van der Waals surface area (Å²) in [5.74, 6) is -0.362. The van der Waals surface area contributed by atoms with Gasteiger partial charge < -0.3 is 10.8 Å². The van der Waals surface area contributed by atoms with Crippen LogP contribution in [0.2, 0.25) is 0 Å². The third kappa shape index (κ3) is 16.2. The third-order valence-electron chi connectivity index (χ3n) is 5.86. The molecule has 0 fully saturated rings. The molecule has 3 N–H and O–H groups in total. The van der Waals surface area contributed by atoms with E-state index in [1.807, 2.05) is 0 Å². The number of aliphatic hydroxyl groups excluding tert-OH is 1.